The fourth-order valence-electron chi connectivity index (χ4n) is 15.9. The second kappa shape index (κ2) is 25.7. The van der Waals surface area contributed by atoms with Gasteiger partial charge >= 0.3 is 0 Å². The molecule has 0 spiro atoms. The van der Waals surface area contributed by atoms with Crippen molar-refractivity contribution in [3.63, 3.8) is 0 Å². The molecule has 8 nitrogen and oxygen atoms in total. The van der Waals surface area contributed by atoms with E-state index >= 15 is 0 Å². The van der Waals surface area contributed by atoms with Gasteiger partial charge in [-0.2, -0.15) is 0 Å². The third kappa shape index (κ3) is 10.8. The molecule has 0 bridgehead atoms. The van der Waals surface area contributed by atoms with Crippen LogP contribution in [0.5, 0.6) is 0 Å². The first-order chi connectivity index (χ1) is 53.5. The summed E-state index contributed by atoms with van der Waals surface area (Å²) in [7, 11) is 0. The molecule has 0 atom stereocenters. The zero-order valence-corrected chi connectivity index (χ0v) is 58.2. The SMILES string of the molecule is c1ccc(-c2ccc3ccc4ccc(-c5ccc(-c6ccc7ccc8c(-c9ccccc9)c9ccccc9nc8c7n6)c6ccccc56)nc4c3n2)cc1.c1ccc(-c2ccc3ccc4ccc(-c5ccc6cc(-c7ccc8ccc9c(-c%10ccccc%10)c%10ccccc%10nc9c8n7)ccc6c5)nc4c3n2)cc1. The lowest BCUT2D eigenvalue weighted by Gasteiger charge is -2.14. The topological polar surface area (TPSA) is 103 Å². The van der Waals surface area contributed by atoms with Crippen LogP contribution in [0.3, 0.4) is 0 Å². The summed E-state index contributed by atoms with van der Waals surface area (Å²) >= 11 is 0. The van der Waals surface area contributed by atoms with Gasteiger partial charge in [-0.05, 0) is 93.3 Å². The molecule has 0 saturated carbocycles. The van der Waals surface area contributed by atoms with Crippen LogP contribution >= 0.6 is 0 Å². The Morgan fingerprint density at radius 2 is 0.398 bits per heavy atom. The minimum atomic E-state index is 0.895. The molecule has 0 amide bonds. The van der Waals surface area contributed by atoms with Crippen molar-refractivity contribution in [3.05, 3.63) is 364 Å². The van der Waals surface area contributed by atoms with E-state index in [9.17, 15) is 0 Å². The number of nitrogens with zero attached hydrogens (tertiary/aromatic N) is 8. The molecule has 0 aliphatic rings. The molecule has 8 heteroatoms. The molecule has 0 unspecified atom stereocenters. The van der Waals surface area contributed by atoms with Gasteiger partial charge in [0, 0.05) is 98.4 Å². The third-order valence-electron chi connectivity index (χ3n) is 21.2. The van der Waals surface area contributed by atoms with Crippen molar-refractivity contribution in [1.82, 2.24) is 39.9 Å². The van der Waals surface area contributed by atoms with Crippen LogP contribution in [0.4, 0.5) is 0 Å². The Morgan fingerprint density at radius 1 is 0.139 bits per heavy atom. The first kappa shape index (κ1) is 62.0. The molecule has 0 aliphatic carbocycles. The molecule has 108 heavy (non-hydrogen) atoms. The van der Waals surface area contributed by atoms with Crippen LogP contribution in [0.1, 0.15) is 0 Å². The number of rotatable bonds is 8. The first-order valence-electron chi connectivity index (χ1n) is 36.4. The number of benzene rings is 14. The lowest BCUT2D eigenvalue weighted by atomic mass is 9.94. The molecule has 0 N–H and O–H groups in total. The van der Waals surface area contributed by atoms with E-state index in [2.05, 4.69) is 328 Å². The summed E-state index contributed by atoms with van der Waals surface area (Å²) in [4.78, 5) is 41.8. The minimum absolute atomic E-state index is 0.895. The van der Waals surface area contributed by atoms with E-state index in [-0.39, 0.29) is 0 Å². The second-order valence-electron chi connectivity index (χ2n) is 27.6. The van der Waals surface area contributed by atoms with Crippen molar-refractivity contribution in [2.75, 3.05) is 0 Å². The number of pyridine rings is 8. The van der Waals surface area contributed by atoms with Crippen molar-refractivity contribution < 1.29 is 0 Å². The molecule has 0 aliphatic heterocycles. The van der Waals surface area contributed by atoms with Crippen LogP contribution in [0.25, 0.3) is 220 Å². The average molecular weight is 1370 g/mol. The summed E-state index contributed by atoms with van der Waals surface area (Å²) < 4.78 is 0. The molecule has 22 aromatic rings. The summed E-state index contributed by atoms with van der Waals surface area (Å²) in [6, 6.07) is 128. The zero-order valence-electron chi connectivity index (χ0n) is 58.2. The van der Waals surface area contributed by atoms with Gasteiger partial charge in [-0.1, -0.05) is 303 Å². The number of para-hydroxylation sites is 2. The van der Waals surface area contributed by atoms with E-state index in [1.165, 1.54) is 22.3 Å². The highest BCUT2D eigenvalue weighted by Crippen LogP contribution is 2.43. The number of hydrogen-bond donors (Lipinski definition) is 0. The van der Waals surface area contributed by atoms with E-state index in [1.54, 1.807) is 0 Å². The van der Waals surface area contributed by atoms with Crippen LogP contribution in [0.15, 0.2) is 364 Å². The largest absolute Gasteiger partial charge is 0.245 e. The van der Waals surface area contributed by atoms with Crippen molar-refractivity contribution in [2.24, 2.45) is 0 Å². The number of aromatic nitrogens is 8. The number of fused-ring (bicyclic) bond motifs is 16. The van der Waals surface area contributed by atoms with E-state index < -0.39 is 0 Å². The zero-order chi connectivity index (χ0) is 71.2. The Morgan fingerprint density at radius 3 is 0.759 bits per heavy atom. The van der Waals surface area contributed by atoms with Gasteiger partial charge in [0.25, 0.3) is 0 Å². The molecule has 8 heterocycles. The highest BCUT2D eigenvalue weighted by atomic mass is 14.8. The van der Waals surface area contributed by atoms with Crippen molar-refractivity contribution >= 4 is 131 Å². The summed E-state index contributed by atoms with van der Waals surface area (Å²) in [6.07, 6.45) is 0. The van der Waals surface area contributed by atoms with E-state index in [0.29, 0.717) is 0 Å². The molecule has 0 saturated heterocycles. The van der Waals surface area contributed by atoms with Crippen molar-refractivity contribution in [2.45, 2.75) is 0 Å². The lowest BCUT2D eigenvalue weighted by Crippen LogP contribution is -1.94. The number of hydrogen-bond acceptors (Lipinski definition) is 8. The Labute approximate surface area is 620 Å². The van der Waals surface area contributed by atoms with Crippen LogP contribution in [0.2, 0.25) is 0 Å². The monoisotopic (exact) mass is 1370 g/mol. The highest BCUT2D eigenvalue weighted by Gasteiger charge is 2.20. The standard InChI is InChI=1S/2C50H30N4/c1-3-11-31(12-4-1)42-28-22-33-19-20-34-23-29-44(52-48(34)47(33)51-42)38-26-27-39(37-16-8-7-15-36(37)38)45-30-24-35-21-25-41-46(32-13-5-2-6-14-32)40-17-9-10-18-43(40)54-50(41)49(35)53-45;1-3-9-31(10-4-1)42-26-22-33-15-16-34-23-27-43(52-48(34)47(33)51-42)38-19-17-37-30-39(20-18-36(37)29-38)44-28-24-35-21-25-41-46(32-11-5-2-6-12-32)40-13-7-8-14-45(40)54-50(41)49(35)53-44/h2*1-30H. The molecular formula is C100H60N8. The van der Waals surface area contributed by atoms with E-state index in [1.807, 2.05) is 36.4 Å². The molecule has 8 aromatic heterocycles. The minimum Gasteiger partial charge on any atom is -0.245 e. The maximum atomic E-state index is 5.39. The maximum Gasteiger partial charge on any atom is 0.0978 e. The van der Waals surface area contributed by atoms with Gasteiger partial charge in [0.05, 0.1) is 89.3 Å². The van der Waals surface area contributed by atoms with Crippen LogP contribution < -0.4 is 0 Å². The van der Waals surface area contributed by atoms with Crippen LogP contribution in [-0.4, -0.2) is 39.9 Å². The van der Waals surface area contributed by atoms with E-state index in [0.717, 1.165) is 198 Å². The smallest absolute Gasteiger partial charge is 0.0978 e. The molecule has 22 rings (SSSR count). The predicted molar refractivity (Wildman–Crippen MR) is 449 cm³/mol. The Bertz CT molecular complexity index is 7420. The fourth-order valence-corrected chi connectivity index (χ4v) is 15.9. The van der Waals surface area contributed by atoms with Crippen LogP contribution in [-0.2, 0) is 0 Å². The van der Waals surface area contributed by atoms with Gasteiger partial charge in [-0.3, -0.25) is 0 Å². The summed E-state index contributed by atoms with van der Waals surface area (Å²) in [6.45, 7) is 0. The van der Waals surface area contributed by atoms with Gasteiger partial charge in [0.2, 0.25) is 0 Å². The highest BCUT2D eigenvalue weighted by molar-refractivity contribution is 6.19. The molecule has 0 radical (unpaired) electrons. The summed E-state index contributed by atoms with van der Waals surface area (Å²) in [5.41, 5.74) is 25.9. The van der Waals surface area contributed by atoms with Gasteiger partial charge < -0.3 is 0 Å². The van der Waals surface area contributed by atoms with Crippen molar-refractivity contribution in [3.8, 4) is 89.8 Å². The fraction of sp³-hybridized carbons (Fsp3) is 0. The van der Waals surface area contributed by atoms with Gasteiger partial charge in [-0.15, -0.1) is 0 Å². The summed E-state index contributed by atoms with van der Waals surface area (Å²) in [5.74, 6) is 0. The third-order valence-corrected chi connectivity index (χ3v) is 21.2. The Hall–Kier alpha value is -14.6. The van der Waals surface area contributed by atoms with E-state index in [4.69, 9.17) is 39.9 Å². The Balaban J connectivity index is 0.000000138. The molecule has 14 aromatic carbocycles. The van der Waals surface area contributed by atoms with Gasteiger partial charge in [0.15, 0.2) is 0 Å². The van der Waals surface area contributed by atoms with Crippen molar-refractivity contribution in [1.29, 1.82) is 0 Å². The molecule has 0 fully saturated rings. The predicted octanol–water partition coefficient (Wildman–Crippen LogP) is 25.7. The van der Waals surface area contributed by atoms with Gasteiger partial charge in [-0.25, -0.2) is 39.9 Å². The Kier molecular flexibility index (Phi) is 14.7. The average Bonchev–Trinajstić information content (AvgIpc) is 0.715. The second-order valence-corrected chi connectivity index (χ2v) is 27.6. The van der Waals surface area contributed by atoms with Gasteiger partial charge in [0.1, 0.15) is 0 Å². The lowest BCUT2D eigenvalue weighted by molar-refractivity contribution is 1.37. The molecule has 500 valence electrons. The van der Waals surface area contributed by atoms with Crippen LogP contribution in [0, 0.1) is 0 Å². The quantitative estimate of drug-likeness (QED) is 0.109. The molecular weight excluding hydrogens is 1310 g/mol. The summed E-state index contributed by atoms with van der Waals surface area (Å²) in [5, 5.41) is 15.4. The first-order valence-corrected chi connectivity index (χ1v) is 36.4. The maximum absolute atomic E-state index is 5.39. The normalized spacial score (nSPS) is 11.7.